The van der Waals surface area contributed by atoms with Gasteiger partial charge >= 0.3 is 0 Å². The van der Waals surface area contributed by atoms with Crippen molar-refractivity contribution in [3.8, 4) is 0 Å². The second kappa shape index (κ2) is 1.75. The van der Waals surface area contributed by atoms with E-state index in [-0.39, 0.29) is 0 Å². The molecule has 1 atom stereocenters. The minimum atomic E-state index is -1.65. The van der Waals surface area contributed by atoms with E-state index < -0.39 is 9.52 Å². The van der Waals surface area contributed by atoms with Gasteiger partial charge < -0.3 is 0 Å². The SMILES string of the molecule is C=S1(=O)CCC(C)(C)C1. The molecular formula is C7H14OS. The highest BCUT2D eigenvalue weighted by Gasteiger charge is 2.29. The summed E-state index contributed by atoms with van der Waals surface area (Å²) in [6.45, 7) is 4.32. The van der Waals surface area contributed by atoms with Gasteiger partial charge in [0.05, 0.1) is 0 Å². The molecular weight excluding hydrogens is 132 g/mol. The molecule has 1 rings (SSSR count). The van der Waals surface area contributed by atoms with Gasteiger partial charge in [0.2, 0.25) is 0 Å². The fraction of sp³-hybridized carbons (Fsp3) is 0.857. The molecule has 0 aromatic heterocycles. The maximum atomic E-state index is 11.3. The Morgan fingerprint density at radius 2 is 2.11 bits per heavy atom. The predicted octanol–water partition coefficient (Wildman–Crippen LogP) is 1.13. The van der Waals surface area contributed by atoms with Crippen LogP contribution in [0.4, 0.5) is 0 Å². The molecule has 0 radical (unpaired) electrons. The Bertz CT molecular complexity index is 199. The van der Waals surface area contributed by atoms with Crippen molar-refractivity contribution in [1.29, 1.82) is 0 Å². The summed E-state index contributed by atoms with van der Waals surface area (Å²) < 4.78 is 11.3. The maximum absolute atomic E-state index is 11.3. The van der Waals surface area contributed by atoms with Crippen LogP contribution in [0.5, 0.6) is 0 Å². The van der Waals surface area contributed by atoms with Crippen LogP contribution in [-0.2, 0) is 9.52 Å². The lowest BCUT2D eigenvalue weighted by atomic mass is 9.94. The molecule has 1 unspecified atom stereocenters. The maximum Gasteiger partial charge on any atom is 0.0210 e. The summed E-state index contributed by atoms with van der Waals surface area (Å²) >= 11 is 0. The van der Waals surface area contributed by atoms with Gasteiger partial charge in [0.15, 0.2) is 0 Å². The Morgan fingerprint density at radius 3 is 2.22 bits per heavy atom. The van der Waals surface area contributed by atoms with Crippen molar-refractivity contribution in [2.75, 3.05) is 11.5 Å². The van der Waals surface area contributed by atoms with Crippen LogP contribution in [-0.4, -0.2) is 21.6 Å². The number of hydrogen-bond donors (Lipinski definition) is 0. The third-order valence-electron chi connectivity index (χ3n) is 1.80. The van der Waals surface area contributed by atoms with Gasteiger partial charge in [-0.3, -0.25) is 4.21 Å². The van der Waals surface area contributed by atoms with Crippen molar-refractivity contribution < 1.29 is 4.21 Å². The van der Waals surface area contributed by atoms with E-state index >= 15 is 0 Å². The van der Waals surface area contributed by atoms with Gasteiger partial charge in [-0.1, -0.05) is 13.8 Å². The largest absolute Gasteiger partial charge is 0.268 e. The topological polar surface area (TPSA) is 17.1 Å². The molecule has 0 saturated carbocycles. The van der Waals surface area contributed by atoms with Crippen molar-refractivity contribution in [3.63, 3.8) is 0 Å². The Morgan fingerprint density at radius 1 is 1.56 bits per heavy atom. The molecule has 1 heterocycles. The van der Waals surface area contributed by atoms with Crippen LogP contribution in [0.25, 0.3) is 0 Å². The van der Waals surface area contributed by atoms with E-state index in [0.29, 0.717) is 5.41 Å². The summed E-state index contributed by atoms with van der Waals surface area (Å²) in [6, 6.07) is 0. The van der Waals surface area contributed by atoms with Gasteiger partial charge in [-0.05, 0) is 27.2 Å². The molecule has 2 heteroatoms. The molecule has 0 aromatic carbocycles. The highest BCUT2D eigenvalue weighted by atomic mass is 32.2. The number of rotatable bonds is 0. The monoisotopic (exact) mass is 146 g/mol. The molecule has 54 valence electrons. The lowest BCUT2D eigenvalue weighted by Crippen LogP contribution is -2.12. The van der Waals surface area contributed by atoms with Crippen molar-refractivity contribution in [2.45, 2.75) is 20.3 Å². The third kappa shape index (κ3) is 1.71. The molecule has 0 bridgehead atoms. The van der Waals surface area contributed by atoms with Crippen LogP contribution in [0.3, 0.4) is 0 Å². The first-order chi connectivity index (χ1) is 3.91. The normalized spacial score (nSPS) is 41.1. The van der Waals surface area contributed by atoms with Crippen molar-refractivity contribution in [2.24, 2.45) is 5.41 Å². The molecule has 0 spiro atoms. The summed E-state index contributed by atoms with van der Waals surface area (Å²) in [5.41, 5.74) is 0.291. The minimum Gasteiger partial charge on any atom is -0.268 e. The summed E-state index contributed by atoms with van der Waals surface area (Å²) in [5.74, 6) is 5.35. The van der Waals surface area contributed by atoms with Crippen molar-refractivity contribution >= 4 is 15.4 Å². The van der Waals surface area contributed by atoms with Crippen LogP contribution in [0, 0.1) is 5.41 Å². The smallest absolute Gasteiger partial charge is 0.0210 e. The molecule has 0 aliphatic carbocycles. The zero-order valence-corrected chi connectivity index (χ0v) is 6.96. The zero-order valence-electron chi connectivity index (χ0n) is 6.14. The summed E-state index contributed by atoms with van der Waals surface area (Å²) in [4.78, 5) is 0. The highest BCUT2D eigenvalue weighted by Crippen LogP contribution is 2.30. The summed E-state index contributed by atoms with van der Waals surface area (Å²) in [5, 5.41) is 0. The second-order valence-corrected chi connectivity index (χ2v) is 6.36. The Kier molecular flexibility index (Phi) is 1.39. The van der Waals surface area contributed by atoms with Crippen LogP contribution < -0.4 is 0 Å². The summed E-state index contributed by atoms with van der Waals surface area (Å²) in [7, 11) is -1.65. The van der Waals surface area contributed by atoms with E-state index in [1.54, 1.807) is 0 Å². The molecule has 1 nitrogen and oxygen atoms in total. The molecule has 1 aliphatic rings. The van der Waals surface area contributed by atoms with E-state index in [1.807, 2.05) is 0 Å². The molecule has 0 amide bonds. The zero-order chi connectivity index (χ0) is 7.12. The van der Waals surface area contributed by atoms with Gasteiger partial charge in [-0.25, -0.2) is 0 Å². The van der Waals surface area contributed by atoms with Gasteiger partial charge in [0, 0.05) is 11.5 Å². The molecule has 0 aromatic rings. The van der Waals surface area contributed by atoms with Gasteiger partial charge in [0.1, 0.15) is 0 Å². The quantitative estimate of drug-likeness (QED) is 0.468. The average Bonchev–Trinajstić information content (AvgIpc) is 1.78. The van der Waals surface area contributed by atoms with E-state index in [4.69, 9.17) is 0 Å². The van der Waals surface area contributed by atoms with E-state index in [1.165, 1.54) is 0 Å². The predicted molar refractivity (Wildman–Crippen MR) is 43.4 cm³/mol. The fourth-order valence-electron chi connectivity index (χ4n) is 1.32. The first-order valence-electron chi connectivity index (χ1n) is 3.24. The standard InChI is InChI=1S/C7H14OS/c1-7(2)4-5-9(3,8)6-7/h3-6H2,1-2H3. The Balaban J connectivity index is 2.81. The molecule has 1 aliphatic heterocycles. The number of hydrogen-bond acceptors (Lipinski definition) is 1. The van der Waals surface area contributed by atoms with Crippen LogP contribution in [0.15, 0.2) is 0 Å². The Hall–Kier alpha value is 0.0200. The lowest BCUT2D eigenvalue weighted by molar-refractivity contribution is 0.428. The van der Waals surface area contributed by atoms with Crippen molar-refractivity contribution in [3.05, 3.63) is 0 Å². The first-order valence-corrected chi connectivity index (χ1v) is 5.31. The molecule has 0 N–H and O–H groups in total. The lowest BCUT2D eigenvalue weighted by Gasteiger charge is -2.13. The van der Waals surface area contributed by atoms with E-state index in [9.17, 15) is 4.21 Å². The Labute approximate surface area is 57.5 Å². The second-order valence-electron chi connectivity index (χ2n) is 3.73. The molecule has 9 heavy (non-hydrogen) atoms. The third-order valence-corrected chi connectivity index (χ3v) is 4.06. The van der Waals surface area contributed by atoms with Crippen molar-refractivity contribution in [1.82, 2.24) is 0 Å². The summed E-state index contributed by atoms with van der Waals surface area (Å²) in [6.07, 6.45) is 1.08. The van der Waals surface area contributed by atoms with E-state index in [2.05, 4.69) is 19.7 Å². The highest BCUT2D eigenvalue weighted by molar-refractivity contribution is 8.00. The van der Waals surface area contributed by atoms with Crippen LogP contribution >= 0.6 is 0 Å². The van der Waals surface area contributed by atoms with Crippen LogP contribution in [0.2, 0.25) is 0 Å². The first kappa shape index (κ1) is 7.13. The minimum absolute atomic E-state index is 0.291. The van der Waals surface area contributed by atoms with E-state index in [0.717, 1.165) is 17.9 Å². The molecule has 1 saturated heterocycles. The molecule has 1 fully saturated rings. The van der Waals surface area contributed by atoms with Gasteiger partial charge in [-0.2, -0.15) is 0 Å². The van der Waals surface area contributed by atoms with Gasteiger partial charge in [-0.15, -0.1) is 0 Å². The van der Waals surface area contributed by atoms with Crippen LogP contribution in [0.1, 0.15) is 20.3 Å². The van der Waals surface area contributed by atoms with Gasteiger partial charge in [0.25, 0.3) is 0 Å². The fourth-order valence-corrected chi connectivity index (χ4v) is 3.96. The average molecular weight is 146 g/mol.